The van der Waals surface area contributed by atoms with E-state index in [-0.39, 0.29) is 0 Å². The number of aryl methyl sites for hydroxylation is 1. The molecule has 0 aliphatic heterocycles. The quantitative estimate of drug-likeness (QED) is 0.714. The van der Waals surface area contributed by atoms with Crippen molar-refractivity contribution in [2.75, 3.05) is 0 Å². The van der Waals surface area contributed by atoms with Gasteiger partial charge in [-0.15, -0.1) is 0 Å². The maximum Gasteiger partial charge on any atom is 0.0534 e. The van der Waals surface area contributed by atoms with E-state index in [0.29, 0.717) is 6.04 Å². The lowest BCUT2D eigenvalue weighted by atomic mass is 10.1. The number of aromatic nitrogens is 2. The van der Waals surface area contributed by atoms with Gasteiger partial charge in [0.25, 0.3) is 0 Å². The van der Waals surface area contributed by atoms with Crippen LogP contribution in [0.5, 0.6) is 0 Å². The minimum absolute atomic E-state index is 0.671. The number of nitrogens with zero attached hydrogens (tertiary/aromatic N) is 2. The van der Waals surface area contributed by atoms with Crippen LogP contribution in [0.25, 0.3) is 0 Å². The van der Waals surface area contributed by atoms with E-state index in [1.54, 1.807) is 0 Å². The molecular weight excluding hydrogens is 210 g/mol. The molecule has 1 aromatic rings. The van der Waals surface area contributed by atoms with Crippen molar-refractivity contribution in [1.82, 2.24) is 15.1 Å². The van der Waals surface area contributed by atoms with Crippen molar-refractivity contribution in [2.45, 2.75) is 72.0 Å². The van der Waals surface area contributed by atoms with Gasteiger partial charge < -0.3 is 5.32 Å². The molecule has 0 aliphatic carbocycles. The van der Waals surface area contributed by atoms with Crippen molar-refractivity contribution in [3.8, 4) is 0 Å². The molecule has 3 heteroatoms. The Bertz CT molecular complexity index is 293. The maximum absolute atomic E-state index is 4.30. The van der Waals surface area contributed by atoms with Gasteiger partial charge in [0.2, 0.25) is 0 Å². The van der Waals surface area contributed by atoms with E-state index in [0.717, 1.165) is 13.1 Å². The molecule has 1 aromatic heterocycles. The summed E-state index contributed by atoms with van der Waals surface area (Å²) in [6.07, 6.45) is 10.6. The number of nitrogens with one attached hydrogen (secondary N) is 1. The first-order valence-corrected chi connectivity index (χ1v) is 7.04. The molecule has 0 aromatic carbocycles. The molecule has 0 radical (unpaired) electrons. The molecule has 1 rings (SSSR count). The highest BCUT2D eigenvalue weighted by atomic mass is 15.3. The Morgan fingerprint density at radius 3 is 2.65 bits per heavy atom. The van der Waals surface area contributed by atoms with Gasteiger partial charge in [0.1, 0.15) is 0 Å². The third kappa shape index (κ3) is 5.35. The fourth-order valence-corrected chi connectivity index (χ4v) is 2.08. The first kappa shape index (κ1) is 14.2. The summed E-state index contributed by atoms with van der Waals surface area (Å²) in [6, 6.07) is 0.671. The van der Waals surface area contributed by atoms with Gasteiger partial charge in [-0.25, -0.2) is 0 Å². The minimum Gasteiger partial charge on any atom is -0.310 e. The van der Waals surface area contributed by atoms with Crippen molar-refractivity contribution < 1.29 is 0 Å². The van der Waals surface area contributed by atoms with E-state index < -0.39 is 0 Å². The summed E-state index contributed by atoms with van der Waals surface area (Å²) in [7, 11) is 0. The van der Waals surface area contributed by atoms with Gasteiger partial charge in [-0.05, 0) is 19.8 Å². The van der Waals surface area contributed by atoms with E-state index in [9.17, 15) is 0 Å². The SMILES string of the molecule is CCCCC(CCC)NCc1cnn(CC)c1. The highest BCUT2D eigenvalue weighted by Gasteiger charge is 2.07. The molecule has 1 atom stereocenters. The lowest BCUT2D eigenvalue weighted by molar-refractivity contribution is 0.434. The molecule has 0 bridgehead atoms. The van der Waals surface area contributed by atoms with Crippen LogP contribution in [0.3, 0.4) is 0 Å². The van der Waals surface area contributed by atoms with E-state index in [1.807, 2.05) is 10.9 Å². The highest BCUT2D eigenvalue weighted by molar-refractivity contribution is 5.03. The van der Waals surface area contributed by atoms with Crippen LogP contribution in [0.1, 0.15) is 58.4 Å². The summed E-state index contributed by atoms with van der Waals surface area (Å²) in [4.78, 5) is 0. The Kier molecular flexibility index (Phi) is 6.94. The Morgan fingerprint density at radius 2 is 2.06 bits per heavy atom. The van der Waals surface area contributed by atoms with Crippen LogP contribution in [0, 0.1) is 0 Å². The van der Waals surface area contributed by atoms with Crippen LogP contribution >= 0.6 is 0 Å². The van der Waals surface area contributed by atoms with Crippen molar-refractivity contribution >= 4 is 0 Å². The smallest absolute Gasteiger partial charge is 0.0534 e. The van der Waals surface area contributed by atoms with Gasteiger partial charge in [0.05, 0.1) is 6.20 Å². The minimum atomic E-state index is 0.671. The molecule has 0 spiro atoms. The van der Waals surface area contributed by atoms with E-state index in [4.69, 9.17) is 0 Å². The second-order valence-corrected chi connectivity index (χ2v) is 4.71. The fourth-order valence-electron chi connectivity index (χ4n) is 2.08. The molecular formula is C14H27N3. The van der Waals surface area contributed by atoms with Gasteiger partial charge in [0, 0.05) is 30.9 Å². The van der Waals surface area contributed by atoms with Crippen LogP contribution in [0.4, 0.5) is 0 Å². The third-order valence-electron chi connectivity index (χ3n) is 3.15. The monoisotopic (exact) mass is 237 g/mol. The molecule has 98 valence electrons. The number of hydrogen-bond acceptors (Lipinski definition) is 2. The van der Waals surface area contributed by atoms with Gasteiger partial charge in [-0.3, -0.25) is 4.68 Å². The first-order chi connectivity index (χ1) is 8.30. The average molecular weight is 237 g/mol. The van der Waals surface area contributed by atoms with Gasteiger partial charge in [-0.1, -0.05) is 33.1 Å². The first-order valence-electron chi connectivity index (χ1n) is 7.04. The number of rotatable bonds is 9. The van der Waals surface area contributed by atoms with Crippen molar-refractivity contribution in [3.05, 3.63) is 18.0 Å². The molecule has 1 unspecified atom stereocenters. The Labute approximate surface area is 106 Å². The zero-order valence-corrected chi connectivity index (χ0v) is 11.6. The molecule has 0 aliphatic rings. The predicted octanol–water partition coefficient (Wildman–Crippen LogP) is 3.35. The lowest BCUT2D eigenvalue weighted by Crippen LogP contribution is -2.28. The second-order valence-electron chi connectivity index (χ2n) is 4.71. The summed E-state index contributed by atoms with van der Waals surface area (Å²) in [5.74, 6) is 0. The second kappa shape index (κ2) is 8.29. The predicted molar refractivity (Wildman–Crippen MR) is 73.0 cm³/mol. The number of unbranched alkanes of at least 4 members (excludes halogenated alkanes) is 1. The van der Waals surface area contributed by atoms with E-state index in [1.165, 1.54) is 37.7 Å². The van der Waals surface area contributed by atoms with Crippen LogP contribution in [0.15, 0.2) is 12.4 Å². The maximum atomic E-state index is 4.30. The van der Waals surface area contributed by atoms with Gasteiger partial charge in [-0.2, -0.15) is 5.10 Å². The summed E-state index contributed by atoms with van der Waals surface area (Å²) in [6.45, 7) is 8.54. The van der Waals surface area contributed by atoms with Crippen LogP contribution in [-0.2, 0) is 13.1 Å². The topological polar surface area (TPSA) is 29.9 Å². The van der Waals surface area contributed by atoms with Gasteiger partial charge >= 0.3 is 0 Å². The summed E-state index contributed by atoms with van der Waals surface area (Å²) < 4.78 is 1.98. The van der Waals surface area contributed by atoms with Crippen molar-refractivity contribution in [3.63, 3.8) is 0 Å². The Hall–Kier alpha value is -0.830. The highest BCUT2D eigenvalue weighted by Crippen LogP contribution is 2.08. The zero-order chi connectivity index (χ0) is 12.5. The van der Waals surface area contributed by atoms with Crippen LogP contribution in [-0.4, -0.2) is 15.8 Å². The Balaban J connectivity index is 2.34. The third-order valence-corrected chi connectivity index (χ3v) is 3.15. The molecule has 0 saturated carbocycles. The average Bonchev–Trinajstić information content (AvgIpc) is 2.80. The summed E-state index contributed by atoms with van der Waals surface area (Å²) >= 11 is 0. The molecule has 1 N–H and O–H groups in total. The number of hydrogen-bond donors (Lipinski definition) is 1. The summed E-state index contributed by atoms with van der Waals surface area (Å²) in [5, 5.41) is 7.95. The van der Waals surface area contributed by atoms with Crippen molar-refractivity contribution in [1.29, 1.82) is 0 Å². The van der Waals surface area contributed by atoms with Crippen LogP contribution < -0.4 is 5.32 Å². The standard InChI is InChI=1S/C14H27N3/c1-4-7-9-14(8-5-2)15-10-13-11-16-17(6-3)12-13/h11-12,14-15H,4-10H2,1-3H3. The van der Waals surface area contributed by atoms with E-state index in [2.05, 4.69) is 37.4 Å². The van der Waals surface area contributed by atoms with Gasteiger partial charge in [0.15, 0.2) is 0 Å². The summed E-state index contributed by atoms with van der Waals surface area (Å²) in [5.41, 5.74) is 1.30. The largest absolute Gasteiger partial charge is 0.310 e. The zero-order valence-electron chi connectivity index (χ0n) is 11.6. The molecule has 0 saturated heterocycles. The van der Waals surface area contributed by atoms with Crippen molar-refractivity contribution in [2.24, 2.45) is 0 Å². The Morgan fingerprint density at radius 1 is 1.24 bits per heavy atom. The molecule has 17 heavy (non-hydrogen) atoms. The lowest BCUT2D eigenvalue weighted by Gasteiger charge is -2.17. The molecule has 1 heterocycles. The van der Waals surface area contributed by atoms with Crippen LogP contribution in [0.2, 0.25) is 0 Å². The molecule has 0 fully saturated rings. The molecule has 3 nitrogen and oxygen atoms in total. The molecule has 0 amide bonds. The van der Waals surface area contributed by atoms with E-state index >= 15 is 0 Å². The fraction of sp³-hybridized carbons (Fsp3) is 0.786. The normalized spacial score (nSPS) is 12.9.